The van der Waals surface area contributed by atoms with Crippen molar-refractivity contribution < 1.29 is 18.8 Å². The molecule has 3 N–H and O–H groups in total. The smallest absolute Gasteiger partial charge is 0.338 e. The highest BCUT2D eigenvalue weighted by Crippen LogP contribution is 2.37. The van der Waals surface area contributed by atoms with Crippen molar-refractivity contribution in [1.82, 2.24) is 9.97 Å². The Morgan fingerprint density at radius 1 is 1.24 bits per heavy atom. The van der Waals surface area contributed by atoms with Gasteiger partial charge in [0.05, 0.1) is 30.0 Å². The molecule has 0 radical (unpaired) electrons. The van der Waals surface area contributed by atoms with E-state index in [0.717, 1.165) is 0 Å². The van der Waals surface area contributed by atoms with E-state index >= 15 is 0 Å². The summed E-state index contributed by atoms with van der Waals surface area (Å²) in [6, 6.07) is 6.70. The number of carbonyl (C=O) groups excluding carboxylic acids is 2. The van der Waals surface area contributed by atoms with Crippen LogP contribution in [0.5, 0.6) is 0 Å². The summed E-state index contributed by atoms with van der Waals surface area (Å²) in [5.74, 6) is -0.944. The number of esters is 1. The summed E-state index contributed by atoms with van der Waals surface area (Å²) in [7, 11) is -2.03. The summed E-state index contributed by atoms with van der Waals surface area (Å²) in [6.07, 6.45) is 1.56. The molecule has 33 heavy (non-hydrogen) atoms. The molecule has 2 aromatic heterocycles. The summed E-state index contributed by atoms with van der Waals surface area (Å²) in [5, 5.41) is 0.757. The lowest BCUT2D eigenvalue weighted by Crippen LogP contribution is -2.40. The Labute approximate surface area is 199 Å². The number of nitrogens with zero attached hydrogens (tertiary/aromatic N) is 1. The number of halogens is 1. The molecule has 0 bridgehead atoms. The number of hydrogen-bond acceptors (Lipinski definition) is 6. The second-order valence-electron chi connectivity index (χ2n) is 9.40. The first kappa shape index (κ1) is 24.9. The first-order valence-corrected chi connectivity index (χ1v) is 14.1. The fraction of sp³-hybridized carbons (Fsp3) is 0.375. The number of fused-ring (bicyclic) bond motifs is 1. The number of H-pyrrole nitrogens is 1. The third kappa shape index (κ3) is 4.97. The minimum atomic E-state index is -2.03. The molecule has 3 aromatic rings. The first-order valence-electron chi connectivity index (χ1n) is 10.8. The van der Waals surface area contributed by atoms with Gasteiger partial charge in [-0.05, 0) is 43.3 Å². The molecule has 0 atom stereocenters. The highest BCUT2D eigenvalue weighted by Gasteiger charge is 2.37. The van der Waals surface area contributed by atoms with Crippen LogP contribution in [0.1, 0.15) is 59.8 Å². The van der Waals surface area contributed by atoms with Gasteiger partial charge in [0.1, 0.15) is 11.4 Å². The SMILES string of the molecule is CCOC(=O)c1cc(Cl)cc2[nH]c(C(=O)c3ncccc3CO[Si](C)(C)C(C)(C)C)c(N)c12. The Morgan fingerprint density at radius 2 is 1.94 bits per heavy atom. The highest BCUT2D eigenvalue weighted by molar-refractivity contribution is 6.74. The first-order chi connectivity index (χ1) is 15.4. The fourth-order valence-corrected chi connectivity index (χ4v) is 4.39. The minimum absolute atomic E-state index is 0.0315. The van der Waals surface area contributed by atoms with Gasteiger partial charge in [0.2, 0.25) is 5.78 Å². The van der Waals surface area contributed by atoms with Gasteiger partial charge in [0.25, 0.3) is 0 Å². The van der Waals surface area contributed by atoms with E-state index in [0.29, 0.717) is 21.5 Å². The summed E-state index contributed by atoms with van der Waals surface area (Å²) < 4.78 is 11.4. The summed E-state index contributed by atoms with van der Waals surface area (Å²) in [5.41, 5.74) is 8.25. The molecule has 1 aromatic carbocycles. The van der Waals surface area contributed by atoms with Gasteiger partial charge in [-0.15, -0.1) is 0 Å². The van der Waals surface area contributed by atoms with E-state index in [1.54, 1.807) is 25.3 Å². The maximum Gasteiger partial charge on any atom is 0.338 e. The molecule has 0 spiro atoms. The van der Waals surface area contributed by atoms with E-state index in [1.165, 1.54) is 6.07 Å². The molecule has 0 saturated heterocycles. The second kappa shape index (κ2) is 9.28. The maximum atomic E-state index is 13.5. The predicted octanol–water partition coefficient (Wildman–Crippen LogP) is 5.73. The molecule has 176 valence electrons. The Bertz CT molecular complexity index is 1210. The maximum absolute atomic E-state index is 13.5. The molecule has 0 aliphatic heterocycles. The Balaban J connectivity index is 2.03. The van der Waals surface area contributed by atoms with Crippen molar-refractivity contribution in [1.29, 1.82) is 0 Å². The van der Waals surface area contributed by atoms with Crippen molar-refractivity contribution in [2.75, 3.05) is 12.3 Å². The van der Waals surface area contributed by atoms with E-state index in [9.17, 15) is 9.59 Å². The molecular formula is C24H30ClN3O4Si. The lowest BCUT2D eigenvalue weighted by Gasteiger charge is -2.36. The Morgan fingerprint density at radius 3 is 2.58 bits per heavy atom. The number of nitrogens with two attached hydrogens (primary N) is 1. The van der Waals surface area contributed by atoms with Gasteiger partial charge in [0.15, 0.2) is 8.32 Å². The number of rotatable bonds is 7. The van der Waals surface area contributed by atoms with Crippen LogP contribution in [-0.2, 0) is 15.8 Å². The van der Waals surface area contributed by atoms with E-state index in [-0.39, 0.29) is 46.7 Å². The summed E-state index contributed by atoms with van der Waals surface area (Å²) >= 11 is 6.19. The number of anilines is 1. The minimum Gasteiger partial charge on any atom is -0.462 e. The standard InChI is InChI=1S/C24H30ClN3O4Si/c1-7-31-23(30)16-11-15(25)12-17-18(16)19(26)21(28-17)22(29)20-14(9-8-10-27-20)13-32-33(5,6)24(2,3)4/h8-12,28H,7,13,26H2,1-6H3. The molecule has 9 heteroatoms. The van der Waals surface area contributed by atoms with Crippen molar-refractivity contribution >= 4 is 48.3 Å². The van der Waals surface area contributed by atoms with Crippen molar-refractivity contribution in [3.63, 3.8) is 0 Å². The quantitative estimate of drug-likeness (QED) is 0.250. The fourth-order valence-electron chi connectivity index (χ4n) is 3.22. The molecule has 0 aliphatic carbocycles. The van der Waals surface area contributed by atoms with Crippen molar-refractivity contribution in [3.8, 4) is 0 Å². The van der Waals surface area contributed by atoms with Crippen LogP contribution in [0, 0.1) is 0 Å². The van der Waals surface area contributed by atoms with Crippen molar-refractivity contribution in [3.05, 3.63) is 58.0 Å². The number of nitrogens with one attached hydrogen (secondary N) is 1. The lowest BCUT2D eigenvalue weighted by molar-refractivity contribution is 0.0528. The summed E-state index contributed by atoms with van der Waals surface area (Å²) in [6.45, 7) is 13.0. The van der Waals surface area contributed by atoms with Gasteiger partial charge in [-0.2, -0.15) is 0 Å². The molecule has 0 unspecified atom stereocenters. The number of nitrogen functional groups attached to an aromatic ring is 1. The zero-order valence-corrected chi connectivity index (χ0v) is 21.6. The molecule has 2 heterocycles. The average Bonchev–Trinajstić information content (AvgIpc) is 3.07. The molecular weight excluding hydrogens is 458 g/mol. The van der Waals surface area contributed by atoms with E-state index in [4.69, 9.17) is 26.5 Å². The van der Waals surface area contributed by atoms with Crippen LogP contribution in [0.3, 0.4) is 0 Å². The third-order valence-electron chi connectivity index (χ3n) is 6.12. The van der Waals surface area contributed by atoms with Crippen LogP contribution in [0.25, 0.3) is 10.9 Å². The van der Waals surface area contributed by atoms with Crippen LogP contribution in [0.2, 0.25) is 23.2 Å². The van der Waals surface area contributed by atoms with Gasteiger partial charge < -0.3 is 19.9 Å². The Hall–Kier alpha value is -2.68. The predicted molar refractivity (Wildman–Crippen MR) is 133 cm³/mol. The number of aromatic nitrogens is 2. The molecule has 0 amide bonds. The number of benzene rings is 1. The van der Waals surface area contributed by atoms with E-state index < -0.39 is 14.3 Å². The van der Waals surface area contributed by atoms with Gasteiger partial charge in [-0.1, -0.05) is 38.4 Å². The number of ether oxygens (including phenoxy) is 1. The van der Waals surface area contributed by atoms with Gasteiger partial charge in [-0.25, -0.2) is 4.79 Å². The monoisotopic (exact) mass is 487 g/mol. The van der Waals surface area contributed by atoms with E-state index in [2.05, 4.69) is 43.8 Å². The van der Waals surface area contributed by atoms with Gasteiger partial charge >= 0.3 is 5.97 Å². The molecule has 3 rings (SSSR count). The summed E-state index contributed by atoms with van der Waals surface area (Å²) in [4.78, 5) is 33.3. The van der Waals surface area contributed by atoms with Crippen LogP contribution in [-0.4, -0.2) is 36.6 Å². The molecule has 7 nitrogen and oxygen atoms in total. The number of pyridine rings is 1. The van der Waals surface area contributed by atoms with Crippen molar-refractivity contribution in [2.24, 2.45) is 0 Å². The lowest BCUT2D eigenvalue weighted by atomic mass is 10.1. The zero-order valence-electron chi connectivity index (χ0n) is 19.8. The van der Waals surface area contributed by atoms with Crippen LogP contribution >= 0.6 is 11.6 Å². The topological polar surface area (TPSA) is 107 Å². The van der Waals surface area contributed by atoms with Crippen LogP contribution < -0.4 is 5.73 Å². The molecule has 0 saturated carbocycles. The average molecular weight is 488 g/mol. The number of ketones is 1. The highest BCUT2D eigenvalue weighted by atomic mass is 35.5. The van der Waals surface area contributed by atoms with Crippen molar-refractivity contribution in [2.45, 2.75) is 52.4 Å². The number of carbonyl (C=O) groups is 2. The molecule has 0 fully saturated rings. The third-order valence-corrected chi connectivity index (χ3v) is 10.8. The number of hydrogen-bond donors (Lipinski definition) is 2. The molecule has 0 aliphatic rings. The van der Waals surface area contributed by atoms with E-state index in [1.807, 2.05) is 6.07 Å². The zero-order chi connectivity index (χ0) is 24.6. The van der Waals surface area contributed by atoms with Gasteiger partial charge in [0, 0.05) is 22.2 Å². The Kier molecular flexibility index (Phi) is 7.02. The van der Waals surface area contributed by atoms with Gasteiger partial charge in [-0.3, -0.25) is 9.78 Å². The van der Waals surface area contributed by atoms with Crippen LogP contribution in [0.15, 0.2) is 30.5 Å². The second-order valence-corrected chi connectivity index (χ2v) is 14.6. The number of aromatic amines is 1. The largest absolute Gasteiger partial charge is 0.462 e. The normalized spacial score (nSPS) is 12.2. The van der Waals surface area contributed by atoms with Crippen LogP contribution in [0.4, 0.5) is 5.69 Å².